The highest BCUT2D eigenvalue weighted by Crippen LogP contribution is 2.22. The van der Waals surface area contributed by atoms with Crippen LogP contribution in [0.5, 0.6) is 0 Å². The largest absolute Gasteiger partial charge is 0.339 e. The third-order valence-electron chi connectivity index (χ3n) is 6.00. The molecule has 0 radical (unpaired) electrons. The fourth-order valence-electron chi connectivity index (χ4n) is 4.36. The molecule has 6 nitrogen and oxygen atoms in total. The molecule has 1 heterocycles. The average Bonchev–Trinajstić information content (AvgIpc) is 2.72. The van der Waals surface area contributed by atoms with Crippen molar-refractivity contribution in [1.29, 1.82) is 0 Å². The summed E-state index contributed by atoms with van der Waals surface area (Å²) in [6.07, 6.45) is 6.02. The molecular weight excluding hydrogens is 371 g/mol. The Hall–Kier alpha value is -1.99. The molecule has 1 aromatic rings. The van der Waals surface area contributed by atoms with Gasteiger partial charge in [0.2, 0.25) is 11.8 Å². The van der Waals surface area contributed by atoms with E-state index in [1.807, 2.05) is 0 Å². The van der Waals surface area contributed by atoms with E-state index in [1.54, 1.807) is 12.1 Å². The summed E-state index contributed by atoms with van der Waals surface area (Å²) in [6.45, 7) is 6.74. The van der Waals surface area contributed by atoms with E-state index in [0.717, 1.165) is 45.6 Å². The van der Waals surface area contributed by atoms with E-state index in [0.29, 0.717) is 24.8 Å². The molecular formula is C22H33FN4O2. The van der Waals surface area contributed by atoms with Crippen LogP contribution in [0.15, 0.2) is 24.3 Å². The SMILES string of the molecule is CCN(C(=O)CN1CCN(CC(=O)Nc2ccc(F)cc2)CC1)C1CCCCC1. The molecule has 0 unspecified atom stereocenters. The van der Waals surface area contributed by atoms with Crippen LogP contribution in [0.2, 0.25) is 0 Å². The number of rotatable bonds is 7. The van der Waals surface area contributed by atoms with Gasteiger partial charge in [0.05, 0.1) is 13.1 Å². The summed E-state index contributed by atoms with van der Waals surface area (Å²) in [7, 11) is 0. The summed E-state index contributed by atoms with van der Waals surface area (Å²) in [6, 6.07) is 6.19. The van der Waals surface area contributed by atoms with Crippen molar-refractivity contribution in [1.82, 2.24) is 14.7 Å². The molecule has 3 rings (SSSR count). The Morgan fingerprint density at radius 2 is 1.59 bits per heavy atom. The Balaban J connectivity index is 1.39. The maximum atomic E-state index is 12.9. The van der Waals surface area contributed by atoms with Gasteiger partial charge in [-0.05, 0) is 44.0 Å². The normalized spacial score (nSPS) is 19.1. The fraction of sp³-hybridized carbons (Fsp3) is 0.636. The Bertz CT molecular complexity index is 668. The number of halogens is 1. The molecule has 1 aliphatic carbocycles. The summed E-state index contributed by atoms with van der Waals surface area (Å²) in [5, 5.41) is 2.80. The summed E-state index contributed by atoms with van der Waals surface area (Å²) in [5.41, 5.74) is 0.600. The zero-order valence-corrected chi connectivity index (χ0v) is 17.4. The van der Waals surface area contributed by atoms with Crippen LogP contribution in [0, 0.1) is 5.82 Å². The highest BCUT2D eigenvalue weighted by Gasteiger charge is 2.27. The summed E-state index contributed by atoms with van der Waals surface area (Å²) in [4.78, 5) is 31.4. The number of hydrogen-bond donors (Lipinski definition) is 1. The molecule has 7 heteroatoms. The number of carbonyl (C=O) groups excluding carboxylic acids is 2. The van der Waals surface area contributed by atoms with Crippen molar-refractivity contribution in [3.63, 3.8) is 0 Å². The maximum absolute atomic E-state index is 12.9. The van der Waals surface area contributed by atoms with Crippen molar-refractivity contribution >= 4 is 17.5 Å². The molecule has 1 aromatic carbocycles. The molecule has 0 spiro atoms. The number of benzene rings is 1. The minimum atomic E-state index is -0.321. The Morgan fingerprint density at radius 1 is 1.00 bits per heavy atom. The first kappa shape index (κ1) is 21.7. The van der Waals surface area contributed by atoms with Crippen LogP contribution in [0.3, 0.4) is 0 Å². The van der Waals surface area contributed by atoms with Crippen LogP contribution in [0.4, 0.5) is 10.1 Å². The number of amides is 2. The second kappa shape index (κ2) is 10.7. The van der Waals surface area contributed by atoms with E-state index < -0.39 is 0 Å². The van der Waals surface area contributed by atoms with E-state index in [2.05, 4.69) is 26.9 Å². The van der Waals surface area contributed by atoms with Crippen LogP contribution in [0.25, 0.3) is 0 Å². The smallest absolute Gasteiger partial charge is 0.238 e. The topological polar surface area (TPSA) is 55.9 Å². The van der Waals surface area contributed by atoms with E-state index in [9.17, 15) is 14.0 Å². The molecule has 0 bridgehead atoms. The molecule has 1 N–H and O–H groups in total. The van der Waals surface area contributed by atoms with Crippen LogP contribution in [-0.4, -0.2) is 78.4 Å². The zero-order valence-electron chi connectivity index (χ0n) is 17.4. The van der Waals surface area contributed by atoms with Crippen molar-refractivity contribution in [2.24, 2.45) is 0 Å². The van der Waals surface area contributed by atoms with Crippen molar-refractivity contribution in [2.75, 3.05) is 51.1 Å². The van der Waals surface area contributed by atoms with E-state index >= 15 is 0 Å². The summed E-state index contributed by atoms with van der Waals surface area (Å²) < 4.78 is 12.9. The van der Waals surface area contributed by atoms with Crippen molar-refractivity contribution in [3.8, 4) is 0 Å². The number of hydrogen-bond acceptors (Lipinski definition) is 4. The van der Waals surface area contributed by atoms with Gasteiger partial charge in [-0.2, -0.15) is 0 Å². The minimum Gasteiger partial charge on any atom is -0.339 e. The predicted molar refractivity (Wildman–Crippen MR) is 112 cm³/mol. The molecule has 160 valence electrons. The Morgan fingerprint density at radius 3 is 2.17 bits per heavy atom. The molecule has 2 aliphatic rings. The molecule has 2 fully saturated rings. The second-order valence-electron chi connectivity index (χ2n) is 8.08. The van der Waals surface area contributed by atoms with Crippen LogP contribution in [-0.2, 0) is 9.59 Å². The first-order valence-corrected chi connectivity index (χ1v) is 10.8. The van der Waals surface area contributed by atoms with Crippen molar-refractivity contribution < 1.29 is 14.0 Å². The second-order valence-corrected chi connectivity index (χ2v) is 8.08. The van der Waals surface area contributed by atoms with E-state index in [1.165, 1.54) is 31.4 Å². The standard InChI is InChI=1S/C22H33FN4O2/c1-2-27(20-6-4-3-5-7-20)22(29)17-26-14-12-25(13-15-26)16-21(28)24-19-10-8-18(23)9-11-19/h8-11,20H,2-7,12-17H2,1H3,(H,24,28). The third-order valence-corrected chi connectivity index (χ3v) is 6.00. The van der Waals surface area contributed by atoms with Gasteiger partial charge >= 0.3 is 0 Å². The van der Waals surface area contributed by atoms with Gasteiger partial charge in [0, 0.05) is 44.5 Å². The molecule has 2 amide bonds. The highest BCUT2D eigenvalue weighted by molar-refractivity contribution is 5.92. The molecule has 0 aromatic heterocycles. The number of nitrogens with zero attached hydrogens (tertiary/aromatic N) is 3. The van der Waals surface area contributed by atoms with Crippen molar-refractivity contribution in [3.05, 3.63) is 30.1 Å². The minimum absolute atomic E-state index is 0.101. The Labute approximate surface area is 173 Å². The highest BCUT2D eigenvalue weighted by atomic mass is 19.1. The average molecular weight is 405 g/mol. The number of nitrogens with one attached hydrogen (secondary N) is 1. The molecule has 29 heavy (non-hydrogen) atoms. The van der Waals surface area contributed by atoms with Gasteiger partial charge in [-0.25, -0.2) is 4.39 Å². The lowest BCUT2D eigenvalue weighted by Crippen LogP contribution is -2.52. The molecule has 0 atom stereocenters. The van der Waals surface area contributed by atoms with Gasteiger partial charge in [-0.3, -0.25) is 19.4 Å². The molecule has 1 aliphatic heterocycles. The lowest BCUT2D eigenvalue weighted by Gasteiger charge is -2.37. The van der Waals surface area contributed by atoms with Crippen LogP contribution < -0.4 is 5.32 Å². The first-order chi connectivity index (χ1) is 14.0. The van der Waals surface area contributed by atoms with Crippen LogP contribution >= 0.6 is 0 Å². The maximum Gasteiger partial charge on any atom is 0.238 e. The third kappa shape index (κ3) is 6.51. The number of likely N-dealkylation sites (N-methyl/N-ethyl adjacent to an activating group) is 1. The van der Waals surface area contributed by atoms with Crippen LogP contribution in [0.1, 0.15) is 39.0 Å². The van der Waals surface area contributed by atoms with Gasteiger partial charge in [0.15, 0.2) is 0 Å². The van der Waals surface area contributed by atoms with E-state index in [4.69, 9.17) is 0 Å². The monoisotopic (exact) mass is 404 g/mol. The zero-order chi connectivity index (χ0) is 20.6. The predicted octanol–water partition coefficient (Wildman–Crippen LogP) is 2.56. The quantitative estimate of drug-likeness (QED) is 0.759. The fourth-order valence-corrected chi connectivity index (χ4v) is 4.36. The summed E-state index contributed by atoms with van der Waals surface area (Å²) >= 11 is 0. The van der Waals surface area contributed by atoms with Gasteiger partial charge < -0.3 is 10.2 Å². The summed E-state index contributed by atoms with van der Waals surface area (Å²) in [5.74, 6) is -0.184. The number of anilines is 1. The van der Waals surface area contributed by atoms with Crippen molar-refractivity contribution in [2.45, 2.75) is 45.1 Å². The van der Waals surface area contributed by atoms with E-state index in [-0.39, 0.29) is 17.6 Å². The number of piperazine rings is 1. The first-order valence-electron chi connectivity index (χ1n) is 10.8. The lowest BCUT2D eigenvalue weighted by molar-refractivity contribution is -0.135. The molecule has 1 saturated heterocycles. The van der Waals surface area contributed by atoms with Gasteiger partial charge in [-0.1, -0.05) is 19.3 Å². The van der Waals surface area contributed by atoms with Gasteiger partial charge in [0.1, 0.15) is 5.82 Å². The Kier molecular flexibility index (Phi) is 8.00. The lowest BCUT2D eigenvalue weighted by atomic mass is 9.94. The number of carbonyl (C=O) groups is 2. The van der Waals surface area contributed by atoms with Gasteiger partial charge in [0.25, 0.3) is 0 Å². The molecule has 1 saturated carbocycles. The van der Waals surface area contributed by atoms with Gasteiger partial charge in [-0.15, -0.1) is 0 Å².